The number of rotatable bonds is 12. The second kappa shape index (κ2) is 15.0. The summed E-state index contributed by atoms with van der Waals surface area (Å²) in [5, 5.41) is 4.67. The van der Waals surface area contributed by atoms with Crippen molar-refractivity contribution in [3.63, 3.8) is 0 Å². The van der Waals surface area contributed by atoms with E-state index in [9.17, 15) is 25.6 Å². The summed E-state index contributed by atoms with van der Waals surface area (Å²) in [6.07, 6.45) is 10.1. The number of anilines is 1. The zero-order valence-electron chi connectivity index (χ0n) is 29.2. The van der Waals surface area contributed by atoms with Crippen LogP contribution in [0.4, 0.5) is 14.5 Å². The van der Waals surface area contributed by atoms with E-state index in [-0.39, 0.29) is 40.1 Å². The number of hydrogen-bond donors (Lipinski definition) is 1. The largest absolute Gasteiger partial charge is 0.480 e. The first-order valence-electron chi connectivity index (χ1n) is 16.3. The van der Waals surface area contributed by atoms with E-state index in [1.165, 1.54) is 43.8 Å². The molecule has 2 aromatic carbocycles. The second-order valence-electron chi connectivity index (χ2n) is 12.3. The van der Waals surface area contributed by atoms with Crippen LogP contribution in [0, 0.1) is 11.6 Å². The molecular formula is C36H36F2N6O7S2. The Hall–Kier alpha value is -5.23. The number of ether oxygens (including phenoxy) is 2. The Morgan fingerprint density at radius 2 is 1.79 bits per heavy atom. The first-order valence-corrected chi connectivity index (χ1v) is 19.2. The van der Waals surface area contributed by atoms with Gasteiger partial charge in [0.25, 0.3) is 20.0 Å². The average molecular weight is 767 g/mol. The molecule has 5 aromatic rings. The van der Waals surface area contributed by atoms with Crippen LogP contribution in [-0.4, -0.2) is 73.3 Å². The van der Waals surface area contributed by atoms with Crippen LogP contribution in [0.25, 0.3) is 33.5 Å². The van der Waals surface area contributed by atoms with Crippen LogP contribution in [0.2, 0.25) is 0 Å². The Morgan fingerprint density at radius 1 is 1.04 bits per heavy atom. The second-order valence-corrected chi connectivity index (χ2v) is 15.7. The summed E-state index contributed by atoms with van der Waals surface area (Å²) in [5.74, 6) is -1.64. The van der Waals surface area contributed by atoms with E-state index >= 15 is 0 Å². The van der Waals surface area contributed by atoms with Gasteiger partial charge in [0.1, 0.15) is 28.0 Å². The normalized spacial score (nSPS) is 17.4. The fourth-order valence-corrected chi connectivity index (χ4v) is 8.59. The summed E-state index contributed by atoms with van der Waals surface area (Å²) < 4.78 is 103. The third-order valence-corrected chi connectivity index (χ3v) is 11.3. The van der Waals surface area contributed by atoms with Crippen LogP contribution in [-0.2, 0) is 31.3 Å². The van der Waals surface area contributed by atoms with Gasteiger partial charge < -0.3 is 13.9 Å². The smallest absolute Gasteiger partial charge is 0.283 e. The Morgan fingerprint density at radius 3 is 2.47 bits per heavy atom. The summed E-state index contributed by atoms with van der Waals surface area (Å²) in [6, 6.07) is 6.69. The molecule has 0 saturated carbocycles. The molecule has 0 radical (unpaired) electrons. The standard InChI is InChI=1S/C36H36F2N6O7S2/c1-6-8-28(9-7-2)53(47,48)44-33-14-24(25-13-32(36(49-5)39-16-25)42-52(45,46)34-11-10-26(37)15-31(34)38)12-29(30(33)18-41-44)35-40-17-27(51-35)21-43-19-22(3)50-23(4)20-43/h6-18,22-23,42H,1,19-21H2,2-5H3/b9-7-,28-8+/t22-,23+. The maximum atomic E-state index is 14.6. The molecule has 1 N–H and O–H groups in total. The van der Waals surface area contributed by atoms with Crippen molar-refractivity contribution in [1.82, 2.24) is 24.1 Å². The molecule has 13 nitrogen and oxygen atoms in total. The SMILES string of the molecule is C=C/C=C(\C=C/C)S(=O)(=O)n1ncc2c(-c3ncc(CN4C[C@@H](C)O[C@@H](C)C4)o3)cc(-c3cnc(OC)c(NS(=O)(=O)c4ccc(F)cc4F)c3)cc21. The highest BCUT2D eigenvalue weighted by atomic mass is 32.2. The fourth-order valence-electron chi connectivity index (χ4n) is 6.12. The third-order valence-electron chi connectivity index (χ3n) is 8.26. The van der Waals surface area contributed by atoms with E-state index < -0.39 is 36.6 Å². The van der Waals surface area contributed by atoms with Gasteiger partial charge in [-0.25, -0.2) is 27.2 Å². The van der Waals surface area contributed by atoms with Gasteiger partial charge in [0.05, 0.1) is 48.7 Å². The number of fused-ring (bicyclic) bond motifs is 1. The molecule has 0 unspecified atom stereocenters. The Labute approximate surface area is 305 Å². The molecule has 17 heteroatoms. The van der Waals surface area contributed by atoms with Gasteiger partial charge in [0, 0.05) is 41.9 Å². The molecule has 0 aliphatic carbocycles. The molecule has 0 spiro atoms. The number of morpholine rings is 1. The summed E-state index contributed by atoms with van der Waals surface area (Å²) in [7, 11) is -7.59. The maximum absolute atomic E-state index is 14.6. The lowest BCUT2D eigenvalue weighted by Gasteiger charge is -2.34. The van der Waals surface area contributed by atoms with Crippen LogP contribution in [0.5, 0.6) is 5.88 Å². The number of aromatic nitrogens is 4. The molecule has 1 saturated heterocycles. The lowest BCUT2D eigenvalue weighted by molar-refractivity contribution is -0.0718. The van der Waals surface area contributed by atoms with Gasteiger partial charge in [-0.3, -0.25) is 9.62 Å². The Bertz CT molecular complexity index is 2470. The summed E-state index contributed by atoms with van der Waals surface area (Å²) >= 11 is 0. The number of nitrogens with zero attached hydrogens (tertiary/aromatic N) is 5. The van der Waals surface area contributed by atoms with Crippen LogP contribution >= 0.6 is 0 Å². The minimum atomic E-state index is -4.60. The number of pyridine rings is 1. The van der Waals surface area contributed by atoms with Gasteiger partial charge >= 0.3 is 0 Å². The van der Waals surface area contributed by atoms with Crippen LogP contribution < -0.4 is 9.46 Å². The average Bonchev–Trinajstić information content (AvgIpc) is 3.75. The van der Waals surface area contributed by atoms with Crippen molar-refractivity contribution >= 4 is 36.6 Å². The third kappa shape index (κ3) is 7.78. The first-order chi connectivity index (χ1) is 25.2. The highest BCUT2D eigenvalue weighted by Gasteiger charge is 2.27. The highest BCUT2D eigenvalue weighted by Crippen LogP contribution is 2.37. The highest BCUT2D eigenvalue weighted by molar-refractivity contribution is 7.94. The predicted octanol–water partition coefficient (Wildman–Crippen LogP) is 6.27. The predicted molar refractivity (Wildman–Crippen MR) is 195 cm³/mol. The lowest BCUT2D eigenvalue weighted by Crippen LogP contribution is -2.44. The number of oxazole rings is 1. The topological polar surface area (TPSA) is 159 Å². The molecule has 6 rings (SSSR count). The Kier molecular flexibility index (Phi) is 10.6. The molecule has 0 amide bonds. The van der Waals surface area contributed by atoms with E-state index in [1.54, 1.807) is 31.3 Å². The van der Waals surface area contributed by atoms with Crippen molar-refractivity contribution in [3.8, 4) is 28.5 Å². The zero-order chi connectivity index (χ0) is 38.1. The number of hydrogen-bond acceptors (Lipinski definition) is 11. The van der Waals surface area contributed by atoms with Gasteiger partial charge in [0.2, 0.25) is 11.8 Å². The van der Waals surface area contributed by atoms with Crippen molar-refractivity contribution in [2.75, 3.05) is 24.9 Å². The van der Waals surface area contributed by atoms with Gasteiger partial charge in [-0.1, -0.05) is 18.7 Å². The van der Waals surface area contributed by atoms with Crippen LogP contribution in [0.15, 0.2) is 100 Å². The van der Waals surface area contributed by atoms with Crippen molar-refractivity contribution in [2.45, 2.75) is 44.4 Å². The first kappa shape index (κ1) is 37.5. The number of sulfonamides is 1. The molecule has 1 aliphatic heterocycles. The molecule has 3 aromatic heterocycles. The van der Waals surface area contributed by atoms with E-state index in [2.05, 4.69) is 31.3 Å². The van der Waals surface area contributed by atoms with Crippen LogP contribution in [0.1, 0.15) is 26.5 Å². The Balaban J connectivity index is 1.49. The summed E-state index contributed by atoms with van der Waals surface area (Å²) in [6.45, 7) is 11.2. The van der Waals surface area contributed by atoms with Crippen molar-refractivity contribution in [2.24, 2.45) is 0 Å². The molecule has 53 heavy (non-hydrogen) atoms. The molecule has 278 valence electrons. The lowest BCUT2D eigenvalue weighted by atomic mass is 10.0. The minimum absolute atomic E-state index is 0.0370. The van der Waals surface area contributed by atoms with Crippen molar-refractivity contribution in [1.29, 1.82) is 0 Å². The van der Waals surface area contributed by atoms with E-state index in [4.69, 9.17) is 13.9 Å². The van der Waals surface area contributed by atoms with E-state index in [1.807, 2.05) is 13.8 Å². The number of allylic oxidation sites excluding steroid dienone is 4. The summed E-state index contributed by atoms with van der Waals surface area (Å²) in [5.41, 5.74) is 1.03. The van der Waals surface area contributed by atoms with Gasteiger partial charge in [-0.15, -0.1) is 0 Å². The number of methoxy groups -OCH3 is 1. The number of nitrogens with one attached hydrogen (secondary N) is 1. The molecule has 4 heterocycles. The van der Waals surface area contributed by atoms with E-state index in [0.717, 1.165) is 16.2 Å². The quantitative estimate of drug-likeness (QED) is 0.143. The zero-order valence-corrected chi connectivity index (χ0v) is 30.8. The van der Waals surface area contributed by atoms with Gasteiger partial charge in [0.15, 0.2) is 0 Å². The fraction of sp³-hybridized carbons (Fsp3) is 0.250. The molecule has 0 bridgehead atoms. The van der Waals surface area contributed by atoms with Crippen molar-refractivity contribution < 1.29 is 39.5 Å². The molecule has 1 fully saturated rings. The van der Waals surface area contributed by atoms with E-state index in [0.29, 0.717) is 53.5 Å². The maximum Gasteiger partial charge on any atom is 0.283 e. The molecule has 2 atom stereocenters. The monoisotopic (exact) mass is 766 g/mol. The molecular weight excluding hydrogens is 731 g/mol. The number of halogens is 2. The minimum Gasteiger partial charge on any atom is -0.480 e. The van der Waals surface area contributed by atoms with Gasteiger partial charge in [-0.05, 0) is 68.8 Å². The number of benzene rings is 2. The van der Waals surface area contributed by atoms with Gasteiger partial charge in [-0.2, -0.15) is 17.6 Å². The van der Waals surface area contributed by atoms with Crippen molar-refractivity contribution in [3.05, 3.63) is 108 Å². The summed E-state index contributed by atoms with van der Waals surface area (Å²) in [4.78, 5) is 10.1. The van der Waals surface area contributed by atoms with Crippen LogP contribution in [0.3, 0.4) is 0 Å². The molecule has 1 aliphatic rings.